The Morgan fingerprint density at radius 2 is 0.816 bits per heavy atom. The highest BCUT2D eigenvalue weighted by atomic mass is 15.3. The molecule has 0 spiro atoms. The first-order valence-corrected chi connectivity index (χ1v) is 16.3. The largest absolute Gasteiger partial charge is 0.306 e. The summed E-state index contributed by atoms with van der Waals surface area (Å²) in [6.45, 7) is 0. The number of rotatable bonds is 3. The zero-order valence-corrected chi connectivity index (χ0v) is 26.1. The van der Waals surface area contributed by atoms with Crippen LogP contribution >= 0.6 is 0 Å². The quantitative estimate of drug-likeness (QED) is 0.194. The number of aromatic nitrogens is 5. The molecular formula is C42H25N7. The van der Waals surface area contributed by atoms with Gasteiger partial charge in [-0.2, -0.15) is 9.97 Å². The van der Waals surface area contributed by atoms with E-state index in [2.05, 4.69) is 160 Å². The van der Waals surface area contributed by atoms with Crippen LogP contribution in [0.3, 0.4) is 0 Å². The van der Waals surface area contributed by atoms with Gasteiger partial charge in [-0.3, -0.25) is 9.47 Å². The summed E-state index contributed by atoms with van der Waals surface area (Å²) in [7, 11) is 0. The van der Waals surface area contributed by atoms with E-state index in [0.29, 0.717) is 17.5 Å². The van der Waals surface area contributed by atoms with E-state index in [4.69, 9.17) is 19.9 Å². The van der Waals surface area contributed by atoms with Crippen LogP contribution in [0.4, 0.5) is 34.4 Å². The van der Waals surface area contributed by atoms with E-state index in [-0.39, 0.29) is 0 Å². The van der Waals surface area contributed by atoms with Gasteiger partial charge in [0.25, 0.3) is 0 Å². The number of hydrogen-bond acceptors (Lipinski definition) is 6. The van der Waals surface area contributed by atoms with Crippen LogP contribution in [-0.4, -0.2) is 24.5 Å². The van der Waals surface area contributed by atoms with Crippen LogP contribution in [0.5, 0.6) is 0 Å². The van der Waals surface area contributed by atoms with Crippen molar-refractivity contribution in [2.24, 2.45) is 0 Å². The molecule has 9 aromatic rings. The van der Waals surface area contributed by atoms with Gasteiger partial charge < -0.3 is 4.90 Å². The first-order valence-electron chi connectivity index (χ1n) is 16.3. The van der Waals surface area contributed by atoms with Crippen LogP contribution in [-0.2, 0) is 0 Å². The van der Waals surface area contributed by atoms with Gasteiger partial charge in [0.2, 0.25) is 11.9 Å². The second-order valence-electron chi connectivity index (χ2n) is 12.3. The van der Waals surface area contributed by atoms with Crippen molar-refractivity contribution in [1.82, 2.24) is 24.5 Å². The van der Waals surface area contributed by atoms with E-state index in [0.717, 1.165) is 78.1 Å². The summed E-state index contributed by atoms with van der Waals surface area (Å²) in [6, 6.07) is 52.6. The minimum absolute atomic E-state index is 0.560. The van der Waals surface area contributed by atoms with Gasteiger partial charge in [0.15, 0.2) is 5.65 Å². The Labute approximate surface area is 281 Å². The predicted molar refractivity (Wildman–Crippen MR) is 197 cm³/mol. The molecule has 0 N–H and O–H groups in total. The average molecular weight is 628 g/mol. The highest BCUT2D eigenvalue weighted by Crippen LogP contribution is 2.54. The van der Waals surface area contributed by atoms with Gasteiger partial charge in [0.1, 0.15) is 0 Å². The van der Waals surface area contributed by atoms with Crippen molar-refractivity contribution in [3.63, 3.8) is 0 Å². The first kappa shape index (κ1) is 26.2. The lowest BCUT2D eigenvalue weighted by Gasteiger charge is -2.39. The molecule has 7 nitrogen and oxygen atoms in total. The third-order valence-electron chi connectivity index (χ3n) is 9.69. The zero-order chi connectivity index (χ0) is 32.1. The van der Waals surface area contributed by atoms with E-state index >= 15 is 0 Å². The number of benzene rings is 6. The summed E-state index contributed by atoms with van der Waals surface area (Å²) in [4.78, 5) is 25.6. The lowest BCUT2D eigenvalue weighted by atomic mass is 10.1. The second-order valence-corrected chi connectivity index (χ2v) is 12.3. The van der Waals surface area contributed by atoms with Crippen LogP contribution in [0, 0.1) is 0 Å². The molecule has 0 unspecified atom stereocenters. The summed E-state index contributed by atoms with van der Waals surface area (Å²) >= 11 is 0. The van der Waals surface area contributed by atoms with Crippen LogP contribution in [0.25, 0.3) is 61.3 Å². The molecule has 0 saturated carbocycles. The predicted octanol–water partition coefficient (Wildman–Crippen LogP) is 10.4. The Bertz CT molecular complexity index is 2700. The third kappa shape index (κ3) is 3.61. The molecule has 0 radical (unpaired) electrons. The van der Waals surface area contributed by atoms with Gasteiger partial charge in [-0.15, -0.1) is 0 Å². The van der Waals surface area contributed by atoms with Gasteiger partial charge >= 0.3 is 0 Å². The van der Waals surface area contributed by atoms with E-state index in [1.165, 1.54) is 0 Å². The molecule has 3 aromatic heterocycles. The van der Waals surface area contributed by atoms with Crippen LogP contribution < -0.4 is 9.80 Å². The summed E-state index contributed by atoms with van der Waals surface area (Å²) in [5.41, 5.74) is 11.6. The molecule has 4 heterocycles. The Balaban J connectivity index is 1.20. The fourth-order valence-electron chi connectivity index (χ4n) is 7.65. The molecule has 0 bridgehead atoms. The second kappa shape index (κ2) is 9.82. The molecule has 0 amide bonds. The van der Waals surface area contributed by atoms with E-state index in [1.54, 1.807) is 0 Å². The van der Waals surface area contributed by atoms with Crippen LogP contribution in [0.2, 0.25) is 0 Å². The molecule has 0 atom stereocenters. The minimum atomic E-state index is 0.560. The topological polar surface area (TPSA) is 63.0 Å². The Hall–Kier alpha value is -6.86. The Morgan fingerprint density at radius 3 is 1.41 bits per heavy atom. The molecule has 2 aliphatic rings. The molecule has 1 aliphatic carbocycles. The van der Waals surface area contributed by atoms with Crippen LogP contribution in [0.15, 0.2) is 152 Å². The zero-order valence-electron chi connectivity index (χ0n) is 26.1. The van der Waals surface area contributed by atoms with Crippen molar-refractivity contribution in [2.45, 2.75) is 0 Å². The monoisotopic (exact) mass is 627 g/mol. The Morgan fingerprint density at radius 1 is 0.367 bits per heavy atom. The van der Waals surface area contributed by atoms with Crippen LogP contribution in [0.1, 0.15) is 0 Å². The molecule has 1 aliphatic heterocycles. The molecule has 6 aromatic carbocycles. The fraction of sp³-hybridized carbons (Fsp3) is 0. The maximum absolute atomic E-state index is 5.33. The minimum Gasteiger partial charge on any atom is -0.306 e. The van der Waals surface area contributed by atoms with Crippen molar-refractivity contribution < 1.29 is 0 Å². The molecule has 0 fully saturated rings. The van der Waals surface area contributed by atoms with Crippen molar-refractivity contribution in [3.8, 4) is 28.5 Å². The van der Waals surface area contributed by atoms with Gasteiger partial charge in [-0.05, 0) is 48.5 Å². The van der Waals surface area contributed by atoms with Crippen molar-refractivity contribution >= 4 is 67.2 Å². The lowest BCUT2D eigenvalue weighted by Crippen LogP contribution is -2.25. The maximum Gasteiger partial charge on any atom is 0.237 e. The SMILES string of the molecule is c1ccc(N2c3ccccc3N(c3nc4c5c(nc(-n6c7ccccc7c7ccccc76)nc5n3)-c3ccccc3-4)c3ccccc32)cc1. The van der Waals surface area contributed by atoms with E-state index < -0.39 is 0 Å². The summed E-state index contributed by atoms with van der Waals surface area (Å²) in [5, 5.41) is 3.19. The molecule has 0 saturated heterocycles. The third-order valence-corrected chi connectivity index (χ3v) is 9.69. The number of anilines is 6. The van der Waals surface area contributed by atoms with E-state index in [9.17, 15) is 0 Å². The van der Waals surface area contributed by atoms with E-state index in [1.807, 2.05) is 6.07 Å². The normalized spacial score (nSPS) is 12.8. The van der Waals surface area contributed by atoms with Gasteiger partial charge in [-0.25, -0.2) is 9.97 Å². The number of nitrogens with zero attached hydrogens (tertiary/aromatic N) is 7. The smallest absolute Gasteiger partial charge is 0.237 e. The maximum atomic E-state index is 5.33. The van der Waals surface area contributed by atoms with Crippen molar-refractivity contribution in [3.05, 3.63) is 152 Å². The summed E-state index contributed by atoms with van der Waals surface area (Å²) < 4.78 is 2.16. The molecular weight excluding hydrogens is 603 g/mol. The van der Waals surface area contributed by atoms with Gasteiger partial charge in [0.05, 0.1) is 50.6 Å². The lowest BCUT2D eigenvalue weighted by molar-refractivity contribution is 0.997. The molecule has 7 heteroatoms. The number of hydrogen-bond donors (Lipinski definition) is 0. The molecule has 11 rings (SSSR count). The fourth-order valence-corrected chi connectivity index (χ4v) is 7.65. The van der Waals surface area contributed by atoms with Crippen molar-refractivity contribution in [2.75, 3.05) is 9.80 Å². The standard InChI is InChI=1S/C42H25N7/c1-2-14-26(15-3-1)47-33-22-10-12-24-35(33)49(36-25-13-11-23-34(36)47)42-44-39-30-19-5-4-18-29(30)38-37(39)40(46-42)45-41(43-38)48-31-20-8-6-16-27(31)28-17-7-9-21-32(28)48/h1-25H. The first-order chi connectivity index (χ1) is 24.3. The summed E-state index contributed by atoms with van der Waals surface area (Å²) in [5.74, 6) is 1.14. The van der Waals surface area contributed by atoms with Gasteiger partial charge in [-0.1, -0.05) is 103 Å². The highest BCUT2D eigenvalue weighted by molar-refractivity contribution is 6.13. The number of para-hydroxylation sites is 7. The Kier molecular flexibility index (Phi) is 5.26. The number of fused-ring (bicyclic) bond motifs is 8. The molecule has 228 valence electrons. The van der Waals surface area contributed by atoms with Crippen molar-refractivity contribution in [1.29, 1.82) is 0 Å². The van der Waals surface area contributed by atoms with Gasteiger partial charge in [0, 0.05) is 27.6 Å². The molecule has 49 heavy (non-hydrogen) atoms. The average Bonchev–Trinajstić information content (AvgIpc) is 3.67. The highest BCUT2D eigenvalue weighted by Gasteiger charge is 2.34. The summed E-state index contributed by atoms with van der Waals surface area (Å²) in [6.07, 6.45) is 0.